The van der Waals surface area contributed by atoms with Crippen LogP contribution in [0.4, 0.5) is 0 Å². The van der Waals surface area contributed by atoms with E-state index in [2.05, 4.69) is 27.9 Å². The van der Waals surface area contributed by atoms with Gasteiger partial charge in [0.15, 0.2) is 0 Å². The van der Waals surface area contributed by atoms with Crippen molar-refractivity contribution in [2.45, 2.75) is 32.2 Å². The fraction of sp³-hybridized carbons (Fsp3) is 0.455. The summed E-state index contributed by atoms with van der Waals surface area (Å²) in [5.41, 5.74) is 2.18. The molecule has 1 atom stereocenters. The van der Waals surface area contributed by atoms with Crippen molar-refractivity contribution in [1.82, 2.24) is 19.8 Å². The van der Waals surface area contributed by atoms with E-state index in [9.17, 15) is 4.79 Å². The molecular weight excluding hydrogens is 352 g/mol. The summed E-state index contributed by atoms with van der Waals surface area (Å²) in [5, 5.41) is 3.13. The van der Waals surface area contributed by atoms with Crippen molar-refractivity contribution in [2.24, 2.45) is 13.0 Å². The van der Waals surface area contributed by atoms with Crippen molar-refractivity contribution in [1.29, 1.82) is 0 Å². The van der Waals surface area contributed by atoms with Crippen LogP contribution in [-0.4, -0.2) is 40.0 Å². The number of nitrogens with one attached hydrogen (secondary N) is 1. The smallest absolute Gasteiger partial charge is 0.224 e. The lowest BCUT2D eigenvalue weighted by atomic mass is 9.97. The molecule has 1 N–H and O–H groups in total. The van der Waals surface area contributed by atoms with Crippen LogP contribution in [0.3, 0.4) is 0 Å². The maximum Gasteiger partial charge on any atom is 0.224 e. The highest BCUT2D eigenvalue weighted by molar-refractivity contribution is 5.79. The van der Waals surface area contributed by atoms with Crippen molar-refractivity contribution in [2.75, 3.05) is 19.6 Å². The topological polar surface area (TPSA) is 63.3 Å². The number of carbonyl (C=O) groups excluding carboxylic acids is 1. The Labute approximate surface area is 165 Å². The number of amides is 1. The van der Waals surface area contributed by atoms with Gasteiger partial charge in [0, 0.05) is 26.6 Å². The third-order valence-corrected chi connectivity index (χ3v) is 5.59. The van der Waals surface area contributed by atoms with E-state index in [1.165, 1.54) is 0 Å². The van der Waals surface area contributed by atoms with Gasteiger partial charge in [-0.2, -0.15) is 0 Å². The normalized spacial score (nSPS) is 17.8. The Morgan fingerprint density at radius 3 is 3.00 bits per heavy atom. The van der Waals surface area contributed by atoms with E-state index < -0.39 is 0 Å². The molecule has 1 aliphatic rings. The molecule has 0 radical (unpaired) electrons. The SMILES string of the molecule is Cn1c(CCCNC(=O)[C@@H]2CCCN(Cc3ccco3)C2)nc2ccccc21. The lowest BCUT2D eigenvalue weighted by Crippen LogP contribution is -2.42. The number of rotatable bonds is 7. The number of aryl methyl sites for hydroxylation is 2. The van der Waals surface area contributed by atoms with Gasteiger partial charge in [-0.3, -0.25) is 9.69 Å². The molecule has 1 fully saturated rings. The van der Waals surface area contributed by atoms with Gasteiger partial charge in [-0.25, -0.2) is 4.98 Å². The fourth-order valence-corrected chi connectivity index (χ4v) is 4.06. The Morgan fingerprint density at radius 1 is 1.29 bits per heavy atom. The van der Waals surface area contributed by atoms with Crippen LogP contribution in [-0.2, 0) is 24.8 Å². The molecule has 0 bridgehead atoms. The molecule has 3 heterocycles. The third kappa shape index (κ3) is 4.28. The third-order valence-electron chi connectivity index (χ3n) is 5.59. The molecule has 1 aromatic carbocycles. The molecule has 6 heteroatoms. The quantitative estimate of drug-likeness (QED) is 0.640. The van der Waals surface area contributed by atoms with Crippen molar-refractivity contribution >= 4 is 16.9 Å². The van der Waals surface area contributed by atoms with Crippen LogP contribution in [0, 0.1) is 5.92 Å². The van der Waals surface area contributed by atoms with Gasteiger partial charge in [-0.1, -0.05) is 12.1 Å². The molecule has 3 aromatic rings. The number of fused-ring (bicyclic) bond motifs is 1. The van der Waals surface area contributed by atoms with Gasteiger partial charge < -0.3 is 14.3 Å². The summed E-state index contributed by atoms with van der Waals surface area (Å²) in [7, 11) is 2.05. The molecule has 0 aliphatic carbocycles. The Bertz CT molecular complexity index is 916. The molecule has 0 unspecified atom stereocenters. The van der Waals surface area contributed by atoms with E-state index >= 15 is 0 Å². The van der Waals surface area contributed by atoms with Crippen molar-refractivity contribution in [3.8, 4) is 0 Å². The second kappa shape index (κ2) is 8.61. The highest BCUT2D eigenvalue weighted by Gasteiger charge is 2.25. The second-order valence-electron chi connectivity index (χ2n) is 7.62. The predicted molar refractivity (Wildman–Crippen MR) is 109 cm³/mol. The average molecular weight is 380 g/mol. The second-order valence-corrected chi connectivity index (χ2v) is 7.62. The molecule has 148 valence electrons. The van der Waals surface area contributed by atoms with Crippen LogP contribution in [0.25, 0.3) is 11.0 Å². The maximum atomic E-state index is 12.6. The van der Waals surface area contributed by atoms with Gasteiger partial charge in [0.05, 0.1) is 29.8 Å². The van der Waals surface area contributed by atoms with Crippen LogP contribution in [0.2, 0.25) is 0 Å². The minimum Gasteiger partial charge on any atom is -0.468 e. The number of carbonyl (C=O) groups is 1. The minimum atomic E-state index is 0.0689. The fourth-order valence-electron chi connectivity index (χ4n) is 4.06. The lowest BCUT2D eigenvalue weighted by Gasteiger charge is -2.31. The Morgan fingerprint density at radius 2 is 2.18 bits per heavy atom. The molecule has 6 nitrogen and oxygen atoms in total. The zero-order chi connectivity index (χ0) is 19.3. The summed E-state index contributed by atoms with van der Waals surface area (Å²) in [4.78, 5) is 19.6. The van der Waals surface area contributed by atoms with Crippen LogP contribution in [0.15, 0.2) is 47.1 Å². The maximum absolute atomic E-state index is 12.6. The van der Waals surface area contributed by atoms with Crippen molar-refractivity contribution in [3.05, 3.63) is 54.2 Å². The van der Waals surface area contributed by atoms with Gasteiger partial charge >= 0.3 is 0 Å². The molecule has 1 amide bonds. The van der Waals surface area contributed by atoms with Crippen molar-refractivity contribution < 1.29 is 9.21 Å². The van der Waals surface area contributed by atoms with E-state index in [1.54, 1.807) is 6.26 Å². The monoisotopic (exact) mass is 380 g/mol. The van der Waals surface area contributed by atoms with Gasteiger partial charge in [0.2, 0.25) is 5.91 Å². The highest BCUT2D eigenvalue weighted by Crippen LogP contribution is 2.19. The molecular formula is C22H28N4O2. The molecule has 0 saturated carbocycles. The Hall–Kier alpha value is -2.60. The average Bonchev–Trinajstić information content (AvgIpc) is 3.34. The molecule has 1 aliphatic heterocycles. The van der Waals surface area contributed by atoms with Gasteiger partial charge in [-0.05, 0) is 50.1 Å². The zero-order valence-electron chi connectivity index (χ0n) is 16.4. The first kappa shape index (κ1) is 18.7. The van der Waals surface area contributed by atoms with E-state index in [-0.39, 0.29) is 11.8 Å². The number of likely N-dealkylation sites (tertiary alicyclic amines) is 1. The summed E-state index contributed by atoms with van der Waals surface area (Å²) >= 11 is 0. The molecule has 0 spiro atoms. The van der Waals surface area contributed by atoms with Crippen LogP contribution in [0.1, 0.15) is 30.8 Å². The standard InChI is InChI=1S/C22H28N4O2/c1-25-20-10-3-2-9-19(20)24-21(25)11-4-12-23-22(27)17-7-5-13-26(15-17)16-18-8-6-14-28-18/h2-3,6,8-10,14,17H,4-5,7,11-13,15-16H2,1H3,(H,23,27)/t17-/m1/s1. The number of nitrogens with zero attached hydrogens (tertiary/aromatic N) is 3. The number of furan rings is 1. The number of imidazole rings is 1. The largest absolute Gasteiger partial charge is 0.468 e. The first-order valence-corrected chi connectivity index (χ1v) is 10.1. The number of para-hydroxylation sites is 2. The summed E-state index contributed by atoms with van der Waals surface area (Å²) in [6, 6.07) is 12.1. The zero-order valence-corrected chi connectivity index (χ0v) is 16.4. The van der Waals surface area contributed by atoms with Crippen LogP contribution < -0.4 is 5.32 Å². The molecule has 4 rings (SSSR count). The number of benzene rings is 1. The molecule has 28 heavy (non-hydrogen) atoms. The lowest BCUT2D eigenvalue weighted by molar-refractivity contribution is -0.126. The van der Waals surface area contributed by atoms with E-state index in [1.807, 2.05) is 30.3 Å². The number of hydrogen-bond donors (Lipinski definition) is 1. The number of hydrogen-bond acceptors (Lipinski definition) is 4. The summed E-state index contributed by atoms with van der Waals surface area (Å²) in [6.45, 7) is 3.30. The minimum absolute atomic E-state index is 0.0689. The summed E-state index contributed by atoms with van der Waals surface area (Å²) in [6.07, 6.45) is 5.48. The van der Waals surface area contributed by atoms with Crippen LogP contribution in [0.5, 0.6) is 0 Å². The van der Waals surface area contributed by atoms with E-state index in [0.717, 1.165) is 67.9 Å². The van der Waals surface area contributed by atoms with Gasteiger partial charge in [-0.15, -0.1) is 0 Å². The predicted octanol–water partition coefficient (Wildman–Crippen LogP) is 3.13. The van der Waals surface area contributed by atoms with Crippen LogP contribution >= 0.6 is 0 Å². The van der Waals surface area contributed by atoms with Gasteiger partial charge in [0.25, 0.3) is 0 Å². The number of aromatic nitrogens is 2. The Kier molecular flexibility index (Phi) is 5.76. The summed E-state index contributed by atoms with van der Waals surface area (Å²) in [5.74, 6) is 2.27. The van der Waals surface area contributed by atoms with Gasteiger partial charge in [0.1, 0.15) is 11.6 Å². The molecule has 1 saturated heterocycles. The molecule has 2 aromatic heterocycles. The first-order chi connectivity index (χ1) is 13.7. The Balaban J connectivity index is 1.23. The van der Waals surface area contributed by atoms with Crippen molar-refractivity contribution in [3.63, 3.8) is 0 Å². The number of piperidine rings is 1. The highest BCUT2D eigenvalue weighted by atomic mass is 16.3. The van der Waals surface area contributed by atoms with E-state index in [4.69, 9.17) is 9.40 Å². The van der Waals surface area contributed by atoms with E-state index in [0.29, 0.717) is 6.54 Å². The summed E-state index contributed by atoms with van der Waals surface area (Å²) < 4.78 is 7.58. The first-order valence-electron chi connectivity index (χ1n) is 10.1.